The Bertz CT molecular complexity index is 601. The Labute approximate surface area is 123 Å². The molecule has 0 aliphatic rings. The lowest BCUT2D eigenvalue weighted by molar-refractivity contribution is -2.00. The van der Waals surface area contributed by atoms with E-state index in [1.54, 1.807) is 6.92 Å². The molecular weight excluding hydrogens is 300 g/mol. The van der Waals surface area contributed by atoms with Crippen LogP contribution >= 0.6 is 0 Å². The van der Waals surface area contributed by atoms with Crippen molar-refractivity contribution in [2.45, 2.75) is 13.8 Å². The minimum atomic E-state index is -4.94. The van der Waals surface area contributed by atoms with Crippen LogP contribution in [0.3, 0.4) is 0 Å². The SMILES string of the molecule is CC(=O)c1ccc(-c2ccccc2)[o+]c1C.[O-][Cl+3]([O-])([O-])[O-]. The monoisotopic (exact) mass is 312 g/mol. The number of aryl methyl sites for hydroxylation is 1. The predicted molar refractivity (Wildman–Crippen MR) is 63.3 cm³/mol. The van der Waals surface area contributed by atoms with E-state index < -0.39 is 10.2 Å². The van der Waals surface area contributed by atoms with Crippen molar-refractivity contribution in [3.8, 4) is 11.3 Å². The van der Waals surface area contributed by atoms with Crippen molar-refractivity contribution in [2.24, 2.45) is 0 Å². The number of carbonyl (C=O) groups is 1. The van der Waals surface area contributed by atoms with Crippen LogP contribution in [0.1, 0.15) is 23.0 Å². The van der Waals surface area contributed by atoms with E-state index in [0.717, 1.165) is 11.3 Å². The summed E-state index contributed by atoms with van der Waals surface area (Å²) in [7, 11) is -4.94. The first-order valence-corrected chi connectivity index (χ1v) is 7.04. The normalized spacial score (nSPS) is 10.6. The van der Waals surface area contributed by atoms with Crippen LogP contribution in [0, 0.1) is 17.2 Å². The number of carbonyl (C=O) groups excluding carboxylic acids is 1. The van der Waals surface area contributed by atoms with Crippen LogP contribution in [0.15, 0.2) is 46.9 Å². The van der Waals surface area contributed by atoms with Crippen molar-refractivity contribution >= 4 is 5.78 Å². The Balaban J connectivity index is 0.000000383. The summed E-state index contributed by atoms with van der Waals surface area (Å²) in [4.78, 5) is 11.3. The third kappa shape index (κ3) is 6.44. The van der Waals surface area contributed by atoms with Crippen molar-refractivity contribution < 1.29 is 38.1 Å². The Morgan fingerprint density at radius 3 is 1.95 bits per heavy atom. The maximum absolute atomic E-state index is 11.3. The van der Waals surface area contributed by atoms with Gasteiger partial charge in [0.05, 0.1) is 12.5 Å². The van der Waals surface area contributed by atoms with Gasteiger partial charge in [0.15, 0.2) is 5.78 Å². The third-order valence-electron chi connectivity index (χ3n) is 2.48. The van der Waals surface area contributed by atoms with Gasteiger partial charge in [0, 0.05) is 6.07 Å². The number of Topliss-reactive ketones (excluding diaryl/α,β-unsaturated/α-hetero) is 1. The Kier molecular flexibility index (Phi) is 5.95. The average Bonchev–Trinajstić information content (AvgIpc) is 2.37. The number of ketones is 1. The van der Waals surface area contributed by atoms with E-state index in [-0.39, 0.29) is 5.78 Å². The second-order valence-corrected chi connectivity index (χ2v) is 4.83. The molecular formula is C14H13ClO6. The maximum atomic E-state index is 11.3. The molecule has 7 heteroatoms. The average molecular weight is 313 g/mol. The Morgan fingerprint density at radius 1 is 1.00 bits per heavy atom. The minimum absolute atomic E-state index is 0.0286. The largest absolute Gasteiger partial charge is 0.360 e. The number of rotatable bonds is 2. The summed E-state index contributed by atoms with van der Waals surface area (Å²) in [6.45, 7) is 3.35. The van der Waals surface area contributed by atoms with E-state index in [9.17, 15) is 4.79 Å². The van der Waals surface area contributed by atoms with E-state index >= 15 is 0 Å². The van der Waals surface area contributed by atoms with Crippen LogP contribution in [0.2, 0.25) is 0 Å². The minimum Gasteiger partial charge on any atom is -0.294 e. The van der Waals surface area contributed by atoms with Gasteiger partial charge in [0.1, 0.15) is 5.56 Å². The molecule has 0 bridgehead atoms. The molecule has 0 saturated carbocycles. The molecule has 0 saturated heterocycles. The van der Waals surface area contributed by atoms with Gasteiger partial charge in [-0.1, -0.05) is 18.2 Å². The quantitative estimate of drug-likeness (QED) is 0.517. The summed E-state index contributed by atoms with van der Waals surface area (Å²) in [5.74, 6) is 1.47. The van der Waals surface area contributed by atoms with Gasteiger partial charge < -0.3 is 0 Å². The zero-order chi connectivity index (χ0) is 16.0. The van der Waals surface area contributed by atoms with Crippen LogP contribution in [0.5, 0.6) is 0 Å². The lowest BCUT2D eigenvalue weighted by Crippen LogP contribution is -2.68. The van der Waals surface area contributed by atoms with Gasteiger partial charge in [-0.25, -0.2) is 23.1 Å². The molecule has 0 aliphatic carbocycles. The summed E-state index contributed by atoms with van der Waals surface area (Å²) >= 11 is 0. The van der Waals surface area contributed by atoms with Crippen LogP contribution in [0.25, 0.3) is 11.3 Å². The van der Waals surface area contributed by atoms with Gasteiger partial charge in [0.2, 0.25) is 0 Å². The molecule has 2 rings (SSSR count). The first kappa shape index (κ1) is 17.2. The third-order valence-corrected chi connectivity index (χ3v) is 2.48. The summed E-state index contributed by atoms with van der Waals surface area (Å²) in [5, 5.41) is 0. The summed E-state index contributed by atoms with van der Waals surface area (Å²) in [6, 6.07) is 13.5. The van der Waals surface area contributed by atoms with E-state index in [1.807, 2.05) is 49.4 Å². The Morgan fingerprint density at radius 2 is 1.52 bits per heavy atom. The van der Waals surface area contributed by atoms with Crippen molar-refractivity contribution in [3.05, 3.63) is 53.8 Å². The number of benzene rings is 1. The van der Waals surface area contributed by atoms with Crippen molar-refractivity contribution in [1.29, 1.82) is 0 Å². The van der Waals surface area contributed by atoms with E-state index in [2.05, 4.69) is 0 Å². The molecule has 2 aromatic rings. The molecule has 21 heavy (non-hydrogen) atoms. The van der Waals surface area contributed by atoms with Gasteiger partial charge >= 0.3 is 11.5 Å². The molecule has 112 valence electrons. The van der Waals surface area contributed by atoms with Gasteiger partial charge in [-0.05, 0) is 25.1 Å². The van der Waals surface area contributed by atoms with E-state index in [4.69, 9.17) is 23.1 Å². The standard InChI is InChI=1S/C14H13O2.ClHO4/c1-10(15)13-8-9-14(16-11(13)2)12-6-4-3-5-7-12;2-1(3,4)5/h3-9H,1-2H3;(H,2,3,4,5)/q+1;/p-1. The molecule has 0 spiro atoms. The predicted octanol–water partition coefficient (Wildman–Crippen LogP) is -1.02. The highest BCUT2D eigenvalue weighted by Gasteiger charge is 2.18. The topological polar surface area (TPSA) is 121 Å². The smallest absolute Gasteiger partial charge is 0.294 e. The first-order chi connectivity index (χ1) is 9.68. The second kappa shape index (κ2) is 7.26. The molecule has 0 radical (unpaired) electrons. The molecule has 1 heterocycles. The molecule has 0 amide bonds. The van der Waals surface area contributed by atoms with Crippen molar-refractivity contribution in [1.82, 2.24) is 0 Å². The fraction of sp³-hybridized carbons (Fsp3) is 0.143. The highest BCUT2D eigenvalue weighted by molar-refractivity contribution is 5.95. The highest BCUT2D eigenvalue weighted by atomic mass is 35.7. The number of halogens is 1. The second-order valence-electron chi connectivity index (χ2n) is 4.07. The molecule has 0 fully saturated rings. The van der Waals surface area contributed by atoms with Crippen LogP contribution in [-0.2, 0) is 0 Å². The van der Waals surface area contributed by atoms with Crippen LogP contribution in [-0.4, -0.2) is 5.78 Å². The Hall–Kier alpha value is -1.83. The molecule has 0 N–H and O–H groups in total. The zero-order valence-corrected chi connectivity index (χ0v) is 12.1. The molecule has 1 aromatic heterocycles. The van der Waals surface area contributed by atoms with Gasteiger partial charge in [-0.15, -0.1) is 10.2 Å². The van der Waals surface area contributed by atoms with E-state index in [0.29, 0.717) is 11.3 Å². The first-order valence-electron chi connectivity index (χ1n) is 5.80. The van der Waals surface area contributed by atoms with Crippen molar-refractivity contribution in [2.75, 3.05) is 0 Å². The number of hydrogen-bond donors (Lipinski definition) is 0. The summed E-state index contributed by atoms with van der Waals surface area (Å²) in [5.41, 5.74) is 1.65. The van der Waals surface area contributed by atoms with Crippen molar-refractivity contribution in [3.63, 3.8) is 0 Å². The van der Waals surface area contributed by atoms with Gasteiger partial charge in [-0.2, -0.15) is 0 Å². The van der Waals surface area contributed by atoms with Gasteiger partial charge in [0.25, 0.3) is 0 Å². The summed E-state index contributed by atoms with van der Waals surface area (Å²) in [6.07, 6.45) is 0. The maximum Gasteiger partial charge on any atom is 0.360 e. The lowest BCUT2D eigenvalue weighted by atomic mass is 10.1. The zero-order valence-electron chi connectivity index (χ0n) is 11.4. The summed E-state index contributed by atoms with van der Waals surface area (Å²) < 4.78 is 39.6. The molecule has 6 nitrogen and oxygen atoms in total. The van der Waals surface area contributed by atoms with Crippen LogP contribution < -0.4 is 18.6 Å². The fourth-order valence-corrected chi connectivity index (χ4v) is 1.65. The number of hydrogen-bond acceptors (Lipinski definition) is 5. The molecule has 0 unspecified atom stereocenters. The highest BCUT2D eigenvalue weighted by Crippen LogP contribution is 2.22. The lowest BCUT2D eigenvalue weighted by Gasteiger charge is -2.17. The molecule has 0 aliphatic heterocycles. The van der Waals surface area contributed by atoms with E-state index in [1.165, 1.54) is 0 Å². The molecule has 0 atom stereocenters. The van der Waals surface area contributed by atoms with Gasteiger partial charge in [-0.3, -0.25) is 4.79 Å². The molecule has 1 aromatic carbocycles. The van der Waals surface area contributed by atoms with Crippen LogP contribution in [0.4, 0.5) is 0 Å². The fourth-order valence-electron chi connectivity index (χ4n) is 1.65.